The van der Waals surface area contributed by atoms with Crippen molar-refractivity contribution in [2.75, 3.05) is 7.05 Å². The van der Waals surface area contributed by atoms with Gasteiger partial charge in [-0.3, -0.25) is 9.59 Å². The molecule has 0 aliphatic rings. The molecule has 0 aromatic heterocycles. The summed E-state index contributed by atoms with van der Waals surface area (Å²) in [6.07, 6.45) is -0.212. The van der Waals surface area contributed by atoms with Crippen LogP contribution in [0.25, 0.3) is 0 Å². The molecule has 0 bridgehead atoms. The Morgan fingerprint density at radius 1 is 1.28 bits per heavy atom. The van der Waals surface area contributed by atoms with Crippen LogP contribution >= 0.6 is 0 Å². The van der Waals surface area contributed by atoms with Crippen molar-refractivity contribution in [3.05, 3.63) is 35.6 Å². The number of benzene rings is 1. The highest BCUT2D eigenvalue weighted by Crippen LogP contribution is 2.19. The fourth-order valence-corrected chi connectivity index (χ4v) is 1.57. The lowest BCUT2D eigenvalue weighted by Crippen LogP contribution is -2.29. The average molecular weight is 253 g/mol. The zero-order valence-corrected chi connectivity index (χ0v) is 10.4. The van der Waals surface area contributed by atoms with E-state index in [1.807, 2.05) is 6.92 Å². The molecular formula is C13H16FNO3. The molecule has 98 valence electrons. The number of nitrogens with zero attached hydrogens (tertiary/aromatic N) is 1. The molecule has 1 rings (SSSR count). The van der Waals surface area contributed by atoms with E-state index in [4.69, 9.17) is 5.11 Å². The summed E-state index contributed by atoms with van der Waals surface area (Å²) in [6.45, 7) is 1.81. The fourth-order valence-electron chi connectivity index (χ4n) is 1.57. The number of halogens is 1. The maximum absolute atomic E-state index is 12.8. The minimum absolute atomic E-state index is 0.0304. The molecule has 18 heavy (non-hydrogen) atoms. The lowest BCUT2D eigenvalue weighted by atomic mass is 10.1. The van der Waals surface area contributed by atoms with Crippen molar-refractivity contribution in [1.82, 2.24) is 4.90 Å². The Hall–Kier alpha value is -1.91. The molecule has 0 heterocycles. The molecule has 1 unspecified atom stereocenters. The first-order valence-corrected chi connectivity index (χ1v) is 5.64. The molecule has 1 aromatic carbocycles. The summed E-state index contributed by atoms with van der Waals surface area (Å²) >= 11 is 0. The molecule has 4 nitrogen and oxygen atoms in total. The van der Waals surface area contributed by atoms with Gasteiger partial charge in [-0.1, -0.05) is 12.1 Å². The van der Waals surface area contributed by atoms with Crippen LogP contribution in [0, 0.1) is 5.82 Å². The molecule has 1 amide bonds. The van der Waals surface area contributed by atoms with Crippen LogP contribution in [-0.4, -0.2) is 28.9 Å². The van der Waals surface area contributed by atoms with Crippen LogP contribution in [0.4, 0.5) is 4.39 Å². The molecule has 5 heteroatoms. The summed E-state index contributed by atoms with van der Waals surface area (Å²) in [5, 5.41) is 8.52. The Balaban J connectivity index is 2.65. The van der Waals surface area contributed by atoms with Crippen molar-refractivity contribution in [2.45, 2.75) is 25.8 Å². The first-order chi connectivity index (χ1) is 8.41. The Labute approximate surface area is 105 Å². The van der Waals surface area contributed by atoms with Crippen molar-refractivity contribution in [3.63, 3.8) is 0 Å². The number of rotatable bonds is 5. The highest BCUT2D eigenvalue weighted by atomic mass is 19.1. The summed E-state index contributed by atoms with van der Waals surface area (Å²) in [7, 11) is 1.61. The highest BCUT2D eigenvalue weighted by Gasteiger charge is 2.17. The fraction of sp³-hybridized carbons (Fsp3) is 0.385. The maximum atomic E-state index is 12.8. The number of amides is 1. The number of carboxylic acid groups (broad SMARTS) is 1. The smallest absolute Gasteiger partial charge is 0.303 e. The molecule has 0 saturated carbocycles. The molecule has 1 atom stereocenters. The van der Waals surface area contributed by atoms with Gasteiger partial charge in [-0.25, -0.2) is 4.39 Å². The summed E-state index contributed by atoms with van der Waals surface area (Å²) in [4.78, 5) is 23.6. The number of hydrogen-bond acceptors (Lipinski definition) is 2. The second kappa shape index (κ2) is 6.14. The maximum Gasteiger partial charge on any atom is 0.303 e. The summed E-state index contributed by atoms with van der Waals surface area (Å²) in [6, 6.07) is 5.68. The van der Waals surface area contributed by atoms with Gasteiger partial charge in [-0.15, -0.1) is 0 Å². The standard InChI is InChI=1S/C13H16FNO3/c1-9(10-3-5-11(14)6-4-10)15(2)12(16)7-8-13(17)18/h3-6,9H,7-8H2,1-2H3,(H,17,18). The minimum atomic E-state index is -0.994. The van der Waals surface area contributed by atoms with Crippen LogP contribution < -0.4 is 0 Å². The SMILES string of the molecule is CC(c1ccc(F)cc1)N(C)C(=O)CCC(=O)O. The molecule has 0 spiro atoms. The van der Waals surface area contributed by atoms with E-state index in [-0.39, 0.29) is 30.6 Å². The third kappa shape index (κ3) is 3.84. The molecule has 0 fully saturated rings. The van der Waals surface area contributed by atoms with Crippen LogP contribution in [0.15, 0.2) is 24.3 Å². The second-order valence-corrected chi connectivity index (χ2v) is 4.13. The van der Waals surface area contributed by atoms with Crippen LogP contribution in [0.3, 0.4) is 0 Å². The summed E-state index contributed by atoms with van der Waals surface area (Å²) < 4.78 is 12.8. The van der Waals surface area contributed by atoms with Crippen LogP contribution in [-0.2, 0) is 9.59 Å². The number of hydrogen-bond donors (Lipinski definition) is 1. The van der Waals surface area contributed by atoms with E-state index in [9.17, 15) is 14.0 Å². The first kappa shape index (κ1) is 14.2. The van der Waals surface area contributed by atoms with Gasteiger partial charge in [0.25, 0.3) is 0 Å². The lowest BCUT2D eigenvalue weighted by Gasteiger charge is -2.25. The Morgan fingerprint density at radius 2 is 1.83 bits per heavy atom. The molecule has 0 aliphatic heterocycles. The van der Waals surface area contributed by atoms with E-state index in [0.717, 1.165) is 5.56 Å². The van der Waals surface area contributed by atoms with Crippen LogP contribution in [0.2, 0.25) is 0 Å². The largest absolute Gasteiger partial charge is 0.481 e. The van der Waals surface area contributed by atoms with Crippen molar-refractivity contribution >= 4 is 11.9 Å². The molecule has 0 aliphatic carbocycles. The molecule has 0 radical (unpaired) electrons. The topological polar surface area (TPSA) is 57.6 Å². The summed E-state index contributed by atoms with van der Waals surface area (Å²) in [5.74, 6) is -1.56. The zero-order valence-electron chi connectivity index (χ0n) is 10.4. The van der Waals surface area contributed by atoms with Gasteiger partial charge in [0.1, 0.15) is 5.82 Å². The number of carbonyl (C=O) groups excluding carboxylic acids is 1. The normalized spacial score (nSPS) is 11.9. The Kier molecular flexibility index (Phi) is 4.83. The number of carboxylic acids is 1. The number of aliphatic carboxylic acids is 1. The monoisotopic (exact) mass is 253 g/mol. The van der Waals surface area contributed by atoms with Gasteiger partial charge in [-0.2, -0.15) is 0 Å². The van der Waals surface area contributed by atoms with Gasteiger partial charge < -0.3 is 10.0 Å². The van der Waals surface area contributed by atoms with Gasteiger partial charge in [0, 0.05) is 13.5 Å². The van der Waals surface area contributed by atoms with Gasteiger partial charge in [-0.05, 0) is 24.6 Å². The quantitative estimate of drug-likeness (QED) is 0.875. The van der Waals surface area contributed by atoms with Gasteiger partial charge in [0.05, 0.1) is 12.5 Å². The van der Waals surface area contributed by atoms with Gasteiger partial charge in [0.2, 0.25) is 5.91 Å². The predicted octanol–water partition coefficient (Wildman–Crippen LogP) is 2.21. The van der Waals surface area contributed by atoms with Crippen molar-refractivity contribution < 1.29 is 19.1 Å². The third-order valence-corrected chi connectivity index (χ3v) is 2.88. The van der Waals surface area contributed by atoms with Crippen molar-refractivity contribution in [2.24, 2.45) is 0 Å². The molecular weight excluding hydrogens is 237 g/mol. The van der Waals surface area contributed by atoms with E-state index in [2.05, 4.69) is 0 Å². The van der Waals surface area contributed by atoms with Crippen molar-refractivity contribution in [1.29, 1.82) is 0 Å². The van der Waals surface area contributed by atoms with Crippen LogP contribution in [0.1, 0.15) is 31.4 Å². The Bertz CT molecular complexity index is 430. The third-order valence-electron chi connectivity index (χ3n) is 2.88. The van der Waals surface area contributed by atoms with E-state index in [0.29, 0.717) is 0 Å². The minimum Gasteiger partial charge on any atom is -0.481 e. The van der Waals surface area contributed by atoms with Crippen molar-refractivity contribution in [3.8, 4) is 0 Å². The first-order valence-electron chi connectivity index (χ1n) is 5.64. The molecule has 0 saturated heterocycles. The zero-order chi connectivity index (χ0) is 13.7. The second-order valence-electron chi connectivity index (χ2n) is 4.13. The average Bonchev–Trinajstić information content (AvgIpc) is 2.35. The summed E-state index contributed by atoms with van der Waals surface area (Å²) in [5.41, 5.74) is 0.808. The van der Waals surface area contributed by atoms with E-state index in [1.165, 1.54) is 17.0 Å². The number of carbonyl (C=O) groups is 2. The van der Waals surface area contributed by atoms with Gasteiger partial charge >= 0.3 is 5.97 Å². The Morgan fingerprint density at radius 3 is 2.33 bits per heavy atom. The molecule has 1 aromatic rings. The molecule has 1 N–H and O–H groups in total. The van der Waals surface area contributed by atoms with E-state index in [1.54, 1.807) is 19.2 Å². The predicted molar refractivity (Wildman–Crippen MR) is 64.5 cm³/mol. The van der Waals surface area contributed by atoms with Crippen LogP contribution in [0.5, 0.6) is 0 Å². The highest BCUT2D eigenvalue weighted by molar-refractivity contribution is 5.80. The lowest BCUT2D eigenvalue weighted by molar-refractivity contribution is -0.141. The van der Waals surface area contributed by atoms with E-state index >= 15 is 0 Å². The van der Waals surface area contributed by atoms with E-state index < -0.39 is 5.97 Å². The van der Waals surface area contributed by atoms with Gasteiger partial charge in [0.15, 0.2) is 0 Å².